The minimum Gasteiger partial charge on any atom is -0.461 e. The Morgan fingerprint density at radius 3 is 2.74 bits per heavy atom. The van der Waals surface area contributed by atoms with E-state index >= 15 is 0 Å². The number of rotatable bonds is 5. The summed E-state index contributed by atoms with van der Waals surface area (Å²) in [7, 11) is 0. The molecule has 0 atom stereocenters. The van der Waals surface area contributed by atoms with E-state index in [1.807, 2.05) is 13.8 Å². The molecule has 0 fully saturated rings. The summed E-state index contributed by atoms with van der Waals surface area (Å²) in [5, 5.41) is 2.65. The largest absolute Gasteiger partial charge is 0.461 e. The predicted octanol–water partition coefficient (Wildman–Crippen LogP) is 1.48. The fourth-order valence-electron chi connectivity index (χ4n) is 1.41. The van der Waals surface area contributed by atoms with Crippen molar-refractivity contribution in [2.75, 3.05) is 12.3 Å². The van der Waals surface area contributed by atoms with Gasteiger partial charge >= 0.3 is 5.97 Å². The number of anilines is 1. The maximum atomic E-state index is 13.3. The van der Waals surface area contributed by atoms with Gasteiger partial charge in [-0.25, -0.2) is 9.18 Å². The number of nitrogens with one attached hydrogen (secondary N) is 1. The molecular weight excluding hydrogens is 251 g/mol. The molecule has 0 heterocycles. The van der Waals surface area contributed by atoms with Gasteiger partial charge in [0.25, 0.3) is 0 Å². The zero-order valence-corrected chi connectivity index (χ0v) is 10.9. The monoisotopic (exact) mass is 268 g/mol. The summed E-state index contributed by atoms with van der Waals surface area (Å²) in [5.74, 6) is -1.76. The van der Waals surface area contributed by atoms with Gasteiger partial charge in [-0.1, -0.05) is 0 Å². The van der Waals surface area contributed by atoms with E-state index in [0.29, 0.717) is 0 Å². The van der Waals surface area contributed by atoms with Crippen molar-refractivity contribution < 1.29 is 18.7 Å². The van der Waals surface area contributed by atoms with Crippen LogP contribution in [0.5, 0.6) is 0 Å². The average Bonchev–Trinajstić information content (AvgIpc) is 2.31. The van der Waals surface area contributed by atoms with Crippen LogP contribution in [0, 0.1) is 5.82 Å². The van der Waals surface area contributed by atoms with Crippen LogP contribution in [0.25, 0.3) is 0 Å². The minimum atomic E-state index is -0.831. The van der Waals surface area contributed by atoms with E-state index in [1.54, 1.807) is 0 Å². The topological polar surface area (TPSA) is 81.4 Å². The van der Waals surface area contributed by atoms with Crippen LogP contribution in [0.1, 0.15) is 30.6 Å². The number of carbonyl (C=O) groups is 2. The first-order chi connectivity index (χ1) is 8.90. The number of hydrogen-bond donors (Lipinski definition) is 2. The third kappa shape index (κ3) is 4.95. The predicted molar refractivity (Wildman–Crippen MR) is 69.0 cm³/mol. The van der Waals surface area contributed by atoms with Gasteiger partial charge in [0.15, 0.2) is 0 Å². The number of ether oxygens (including phenoxy) is 1. The smallest absolute Gasteiger partial charge is 0.341 e. The molecule has 0 spiro atoms. The van der Waals surface area contributed by atoms with Crippen LogP contribution in [-0.2, 0) is 9.53 Å². The zero-order valence-electron chi connectivity index (χ0n) is 10.9. The normalized spacial score (nSPS) is 10.3. The van der Waals surface area contributed by atoms with Crippen molar-refractivity contribution in [1.82, 2.24) is 5.32 Å². The average molecular weight is 268 g/mol. The second-order valence-electron chi connectivity index (χ2n) is 4.35. The standard InChI is InChI=1S/C13H17FN2O3/c1-8(2)16-12(17)5-6-19-13(18)10-7-9(15)3-4-11(10)14/h3-4,7-8H,5-6,15H2,1-2H3,(H,16,17). The van der Waals surface area contributed by atoms with Crippen molar-refractivity contribution in [3.63, 3.8) is 0 Å². The Labute approximate surface area is 110 Å². The summed E-state index contributed by atoms with van der Waals surface area (Å²) in [6, 6.07) is 3.67. The number of esters is 1. The van der Waals surface area contributed by atoms with E-state index in [1.165, 1.54) is 12.1 Å². The molecule has 0 aliphatic carbocycles. The van der Waals surface area contributed by atoms with E-state index in [2.05, 4.69) is 5.32 Å². The molecule has 104 valence electrons. The Balaban J connectivity index is 2.48. The molecule has 1 amide bonds. The number of hydrogen-bond acceptors (Lipinski definition) is 4. The van der Waals surface area contributed by atoms with E-state index < -0.39 is 11.8 Å². The van der Waals surface area contributed by atoms with Gasteiger partial charge in [-0.15, -0.1) is 0 Å². The second kappa shape index (κ2) is 6.72. The van der Waals surface area contributed by atoms with Crippen molar-refractivity contribution in [2.45, 2.75) is 26.3 Å². The second-order valence-corrected chi connectivity index (χ2v) is 4.35. The van der Waals surface area contributed by atoms with E-state index in [-0.39, 0.29) is 36.2 Å². The van der Waals surface area contributed by atoms with Crippen molar-refractivity contribution in [3.8, 4) is 0 Å². The maximum absolute atomic E-state index is 13.3. The molecule has 1 aromatic rings. The molecular formula is C13H17FN2O3. The highest BCUT2D eigenvalue weighted by atomic mass is 19.1. The molecule has 0 saturated heterocycles. The van der Waals surface area contributed by atoms with Crippen LogP contribution < -0.4 is 11.1 Å². The number of carbonyl (C=O) groups excluding carboxylic acids is 2. The number of benzene rings is 1. The molecule has 0 bridgehead atoms. The fourth-order valence-corrected chi connectivity index (χ4v) is 1.41. The molecule has 1 aromatic carbocycles. The van der Waals surface area contributed by atoms with Crippen molar-refractivity contribution >= 4 is 17.6 Å². The van der Waals surface area contributed by atoms with Crippen LogP contribution in [-0.4, -0.2) is 24.5 Å². The van der Waals surface area contributed by atoms with E-state index in [4.69, 9.17) is 10.5 Å². The highest BCUT2D eigenvalue weighted by molar-refractivity contribution is 5.90. The molecule has 0 saturated carbocycles. The van der Waals surface area contributed by atoms with Crippen LogP contribution in [0.3, 0.4) is 0 Å². The summed E-state index contributed by atoms with van der Waals surface area (Å²) < 4.78 is 18.2. The number of nitrogens with two attached hydrogens (primary N) is 1. The van der Waals surface area contributed by atoms with E-state index in [9.17, 15) is 14.0 Å². The summed E-state index contributed by atoms with van der Waals surface area (Å²) in [6.07, 6.45) is 0.0356. The zero-order chi connectivity index (χ0) is 14.4. The molecule has 6 heteroatoms. The highest BCUT2D eigenvalue weighted by Crippen LogP contribution is 2.13. The Morgan fingerprint density at radius 1 is 1.42 bits per heavy atom. The van der Waals surface area contributed by atoms with Gasteiger partial charge in [0, 0.05) is 11.7 Å². The lowest BCUT2D eigenvalue weighted by atomic mass is 10.2. The lowest BCUT2D eigenvalue weighted by Crippen LogP contribution is -2.31. The van der Waals surface area contributed by atoms with Crippen LogP contribution in [0.15, 0.2) is 18.2 Å². The number of nitrogen functional groups attached to an aromatic ring is 1. The molecule has 0 aliphatic heterocycles. The molecule has 0 radical (unpaired) electrons. The van der Waals surface area contributed by atoms with Gasteiger partial charge in [0.05, 0.1) is 12.0 Å². The van der Waals surface area contributed by atoms with Gasteiger partial charge in [-0.3, -0.25) is 4.79 Å². The van der Waals surface area contributed by atoms with Gasteiger partial charge in [0.2, 0.25) is 5.91 Å². The van der Waals surface area contributed by atoms with Crippen molar-refractivity contribution in [1.29, 1.82) is 0 Å². The van der Waals surface area contributed by atoms with Gasteiger partial charge < -0.3 is 15.8 Å². The first kappa shape index (κ1) is 14.9. The van der Waals surface area contributed by atoms with Crippen molar-refractivity contribution in [3.05, 3.63) is 29.6 Å². The van der Waals surface area contributed by atoms with Gasteiger partial charge in [0.1, 0.15) is 12.4 Å². The Hall–Kier alpha value is -2.11. The van der Waals surface area contributed by atoms with Crippen molar-refractivity contribution in [2.24, 2.45) is 0 Å². The summed E-state index contributed by atoms with van der Waals surface area (Å²) in [4.78, 5) is 22.9. The molecule has 3 N–H and O–H groups in total. The number of halogens is 1. The van der Waals surface area contributed by atoms with Crippen LogP contribution >= 0.6 is 0 Å². The van der Waals surface area contributed by atoms with E-state index in [0.717, 1.165) is 6.07 Å². The maximum Gasteiger partial charge on any atom is 0.341 e. The molecule has 5 nitrogen and oxygen atoms in total. The molecule has 0 unspecified atom stereocenters. The molecule has 1 rings (SSSR count). The summed E-state index contributed by atoms with van der Waals surface area (Å²) in [6.45, 7) is 3.55. The first-order valence-corrected chi connectivity index (χ1v) is 5.91. The lowest BCUT2D eigenvalue weighted by Gasteiger charge is -2.09. The lowest BCUT2D eigenvalue weighted by molar-refractivity contribution is -0.122. The Bertz CT molecular complexity index is 475. The highest BCUT2D eigenvalue weighted by Gasteiger charge is 2.14. The summed E-state index contributed by atoms with van der Waals surface area (Å²) in [5.41, 5.74) is 5.50. The first-order valence-electron chi connectivity index (χ1n) is 5.91. The molecule has 0 aromatic heterocycles. The molecule has 19 heavy (non-hydrogen) atoms. The SMILES string of the molecule is CC(C)NC(=O)CCOC(=O)c1cc(N)ccc1F. The Kier molecular flexibility index (Phi) is 5.29. The number of amides is 1. The van der Waals surface area contributed by atoms with Gasteiger partial charge in [-0.2, -0.15) is 0 Å². The van der Waals surface area contributed by atoms with Gasteiger partial charge in [-0.05, 0) is 32.0 Å². The van der Waals surface area contributed by atoms with Crippen LogP contribution in [0.2, 0.25) is 0 Å². The van der Waals surface area contributed by atoms with Crippen LogP contribution in [0.4, 0.5) is 10.1 Å². The molecule has 0 aliphatic rings. The third-order valence-corrected chi connectivity index (χ3v) is 2.22. The third-order valence-electron chi connectivity index (χ3n) is 2.22. The minimum absolute atomic E-state index is 0.0227. The Morgan fingerprint density at radius 2 is 2.11 bits per heavy atom. The quantitative estimate of drug-likeness (QED) is 0.626. The summed E-state index contributed by atoms with van der Waals surface area (Å²) >= 11 is 0. The fraction of sp³-hybridized carbons (Fsp3) is 0.385.